The van der Waals surface area contributed by atoms with Crippen molar-refractivity contribution >= 4 is 38.6 Å². The van der Waals surface area contributed by atoms with Gasteiger partial charge in [0, 0.05) is 0 Å². The molecule has 0 aliphatic carbocycles. The van der Waals surface area contributed by atoms with Gasteiger partial charge in [-0.2, -0.15) is 0 Å². The number of aryl methyl sites for hydroxylation is 2. The van der Waals surface area contributed by atoms with Crippen LogP contribution in [0.2, 0.25) is 13.3 Å². The summed E-state index contributed by atoms with van der Waals surface area (Å²) in [6, 6.07) is 8.18. The van der Waals surface area contributed by atoms with Crippen molar-refractivity contribution < 1.29 is 19.4 Å². The van der Waals surface area contributed by atoms with E-state index in [0.717, 1.165) is 11.3 Å². The second-order valence-electron chi connectivity index (χ2n) is 9.88. The van der Waals surface area contributed by atoms with E-state index in [4.69, 9.17) is 9.47 Å². The first-order valence-corrected chi connectivity index (χ1v) is 21.8. The normalized spacial score (nSPS) is 12.5. The summed E-state index contributed by atoms with van der Waals surface area (Å²) in [6.07, 6.45) is 7.61. The third-order valence-corrected chi connectivity index (χ3v) is 26.4. The number of carbonyl (C=O) groups is 1. The summed E-state index contributed by atoms with van der Waals surface area (Å²) >= 11 is -0.383. The predicted octanol–water partition coefficient (Wildman–Crippen LogP) is 8.24. The van der Waals surface area contributed by atoms with Crippen molar-refractivity contribution in [1.82, 2.24) is 0 Å². The molecule has 35 heavy (non-hydrogen) atoms. The van der Waals surface area contributed by atoms with Crippen LogP contribution in [0.4, 0.5) is 0 Å². The number of rotatable bonds is 17. The van der Waals surface area contributed by atoms with E-state index in [1.807, 2.05) is 43.4 Å². The average Bonchev–Trinajstić information content (AvgIpc) is 3.22. The van der Waals surface area contributed by atoms with Crippen LogP contribution in [-0.4, -0.2) is 35.6 Å². The molecular formula is C29H46O4SSn. The van der Waals surface area contributed by atoms with Gasteiger partial charge in [-0.1, -0.05) is 6.92 Å². The second-order valence-corrected chi connectivity index (χ2v) is 25.2. The fourth-order valence-electron chi connectivity index (χ4n) is 4.67. The molecule has 0 saturated heterocycles. The number of hydrogen-bond acceptors (Lipinski definition) is 4. The van der Waals surface area contributed by atoms with Gasteiger partial charge in [0.25, 0.3) is 0 Å². The number of hydrogen-bond donors (Lipinski definition) is 1. The molecule has 0 bridgehead atoms. The van der Waals surface area contributed by atoms with Crippen LogP contribution in [0, 0.1) is 13.8 Å². The summed E-state index contributed by atoms with van der Waals surface area (Å²) in [7, 11) is 0. The minimum absolute atomic E-state index is 0.425. The molecule has 4 nitrogen and oxygen atoms in total. The number of carboxylic acid groups (broad SMARTS) is 1. The van der Waals surface area contributed by atoms with Gasteiger partial charge in [-0.3, -0.25) is 0 Å². The third kappa shape index (κ3) is 8.69. The van der Waals surface area contributed by atoms with Crippen LogP contribution in [0.1, 0.15) is 88.6 Å². The van der Waals surface area contributed by atoms with Crippen LogP contribution < -0.4 is 12.4 Å². The van der Waals surface area contributed by atoms with E-state index in [-0.39, 0.29) is 0 Å². The Labute approximate surface area is 221 Å². The van der Waals surface area contributed by atoms with Crippen molar-refractivity contribution in [3.63, 3.8) is 0 Å². The SMILES string of the molecule is CCC[CH2][Sn]([CH2]CCC)([CH2]CCC)[c]1cc(C)c(COc2ccc(OC(CC)C(=O)O)c(C)c2)s1. The molecule has 0 fully saturated rings. The number of thiophene rings is 1. The summed E-state index contributed by atoms with van der Waals surface area (Å²) < 4.78 is 18.1. The summed E-state index contributed by atoms with van der Waals surface area (Å²) in [5.74, 6) is 0.461. The van der Waals surface area contributed by atoms with Crippen LogP contribution in [-0.2, 0) is 11.4 Å². The van der Waals surface area contributed by atoms with Crippen molar-refractivity contribution in [2.75, 3.05) is 0 Å². The van der Waals surface area contributed by atoms with Crippen LogP contribution in [0.5, 0.6) is 11.5 Å². The van der Waals surface area contributed by atoms with Crippen molar-refractivity contribution in [3.8, 4) is 11.5 Å². The van der Waals surface area contributed by atoms with E-state index in [9.17, 15) is 9.90 Å². The van der Waals surface area contributed by atoms with Crippen LogP contribution >= 0.6 is 11.3 Å². The van der Waals surface area contributed by atoms with E-state index in [0.29, 0.717) is 18.8 Å². The number of ether oxygens (including phenoxy) is 2. The van der Waals surface area contributed by atoms with Gasteiger partial charge in [0.15, 0.2) is 0 Å². The number of aliphatic carboxylic acids is 1. The molecule has 1 aromatic heterocycles. The molecule has 1 aromatic carbocycles. The average molecular weight is 609 g/mol. The molecule has 196 valence electrons. The zero-order valence-corrected chi connectivity index (χ0v) is 26.4. The maximum atomic E-state index is 11.3. The molecule has 0 saturated carbocycles. The van der Waals surface area contributed by atoms with Crippen molar-refractivity contribution in [2.24, 2.45) is 0 Å². The quantitative estimate of drug-likeness (QED) is 0.184. The van der Waals surface area contributed by atoms with Crippen LogP contribution in [0.15, 0.2) is 24.3 Å². The molecule has 0 aliphatic rings. The summed E-state index contributed by atoms with van der Waals surface area (Å²) in [5, 5.41) is 9.27. The molecule has 6 heteroatoms. The Bertz CT molecular complexity index is 902. The van der Waals surface area contributed by atoms with E-state index in [2.05, 4.69) is 33.8 Å². The van der Waals surface area contributed by atoms with Crippen LogP contribution in [0.3, 0.4) is 0 Å². The van der Waals surface area contributed by atoms with Crippen molar-refractivity contribution in [2.45, 2.75) is 113 Å². The molecule has 1 N–H and O–H groups in total. The standard InChI is InChI=1S/C17H19O4S.3C4H9.Sn/c1-4-14(17(18)19)21-15-6-5-13(9-12(15)3)20-10-16-11(2)7-8-22-16;3*1-3-4-2;/h5-7,9,14H,4,10H2,1-3H3,(H,18,19);3*1,3-4H2,2H3;. The third-order valence-electron chi connectivity index (χ3n) is 7.00. The Kier molecular flexibility index (Phi) is 13.0. The fourth-order valence-corrected chi connectivity index (χ4v) is 25.3. The van der Waals surface area contributed by atoms with Gasteiger partial charge in [0.2, 0.25) is 0 Å². The summed E-state index contributed by atoms with van der Waals surface area (Å²) in [6.45, 7) is 13.6. The Morgan fingerprint density at radius 2 is 1.54 bits per heavy atom. The number of benzene rings is 1. The zero-order valence-electron chi connectivity index (χ0n) is 22.7. The van der Waals surface area contributed by atoms with Gasteiger partial charge in [-0.15, -0.1) is 0 Å². The van der Waals surface area contributed by atoms with E-state index >= 15 is 0 Å². The van der Waals surface area contributed by atoms with E-state index < -0.39 is 30.5 Å². The predicted molar refractivity (Wildman–Crippen MR) is 151 cm³/mol. The first-order chi connectivity index (χ1) is 16.8. The number of unbranched alkanes of at least 4 members (excludes halogenated alkanes) is 3. The van der Waals surface area contributed by atoms with Crippen molar-refractivity contribution in [1.29, 1.82) is 0 Å². The Morgan fingerprint density at radius 1 is 0.943 bits per heavy atom. The monoisotopic (exact) mass is 610 g/mol. The van der Waals surface area contributed by atoms with Gasteiger partial charge in [-0.05, 0) is 0 Å². The maximum absolute atomic E-state index is 11.3. The molecule has 1 unspecified atom stereocenters. The van der Waals surface area contributed by atoms with Crippen molar-refractivity contribution in [3.05, 3.63) is 40.3 Å². The Morgan fingerprint density at radius 3 is 2.03 bits per heavy atom. The number of carboxylic acids is 1. The molecule has 0 spiro atoms. The summed E-state index contributed by atoms with van der Waals surface area (Å²) in [5.41, 5.74) is 2.26. The molecule has 0 aliphatic heterocycles. The molecule has 2 rings (SSSR count). The van der Waals surface area contributed by atoms with E-state index in [1.165, 1.54) is 62.3 Å². The molecule has 0 amide bonds. The first-order valence-electron chi connectivity index (χ1n) is 13.5. The minimum atomic E-state index is -2.42. The zero-order chi connectivity index (χ0) is 25.8. The van der Waals surface area contributed by atoms with Gasteiger partial charge in [0.05, 0.1) is 0 Å². The first kappa shape index (κ1) is 30.0. The van der Waals surface area contributed by atoms with Gasteiger partial charge in [-0.25, -0.2) is 4.79 Å². The van der Waals surface area contributed by atoms with E-state index in [1.54, 1.807) is 2.89 Å². The molecule has 0 radical (unpaired) electrons. The van der Waals surface area contributed by atoms with Gasteiger partial charge < -0.3 is 5.11 Å². The molecule has 1 atom stereocenters. The molecule has 2 aromatic rings. The van der Waals surface area contributed by atoms with Gasteiger partial charge in [0.1, 0.15) is 0 Å². The second kappa shape index (κ2) is 15.1. The van der Waals surface area contributed by atoms with Gasteiger partial charge >= 0.3 is 205 Å². The fraction of sp³-hybridized carbons (Fsp3) is 0.621. The Balaban J connectivity index is 2.18. The molecular weight excluding hydrogens is 563 g/mol. The van der Waals surface area contributed by atoms with Crippen LogP contribution in [0.25, 0.3) is 0 Å². The molecule has 1 heterocycles. The Hall–Kier alpha value is -1.21. The topological polar surface area (TPSA) is 55.8 Å². The summed E-state index contributed by atoms with van der Waals surface area (Å²) in [4.78, 5) is 12.7.